The first-order valence-corrected chi connectivity index (χ1v) is 7.67. The zero-order valence-electron chi connectivity index (χ0n) is 11.1. The average molecular weight is 430 g/mol. The van der Waals surface area contributed by atoms with Crippen molar-refractivity contribution in [1.82, 2.24) is 0 Å². The van der Waals surface area contributed by atoms with E-state index >= 15 is 0 Å². The highest BCUT2D eigenvalue weighted by Gasteiger charge is 2.15. The summed E-state index contributed by atoms with van der Waals surface area (Å²) in [6.07, 6.45) is 0. The Balaban J connectivity index is 2.00. The first-order valence-electron chi connectivity index (χ1n) is 6.08. The number of carbonyl (C=O) groups excluding carboxylic acids is 1. The van der Waals surface area contributed by atoms with Gasteiger partial charge in [0.1, 0.15) is 11.4 Å². The van der Waals surface area contributed by atoms with Gasteiger partial charge < -0.3 is 10.1 Å². The molecule has 0 spiro atoms. The van der Waals surface area contributed by atoms with Gasteiger partial charge in [-0.05, 0) is 40.2 Å². The van der Waals surface area contributed by atoms with Gasteiger partial charge in [0, 0.05) is 10.5 Å². The number of nitrogens with one attached hydrogen (secondary N) is 1. The quantitative estimate of drug-likeness (QED) is 0.572. The zero-order chi connectivity index (χ0) is 16.1. The summed E-state index contributed by atoms with van der Waals surface area (Å²) in [5, 5.41) is 13.3. The summed E-state index contributed by atoms with van der Waals surface area (Å²) in [6.45, 7) is -0.258. The predicted octanol–water partition coefficient (Wildman–Crippen LogP) is 4.14. The molecule has 0 heterocycles. The smallest absolute Gasteiger partial charge is 0.292 e. The zero-order valence-corrected chi connectivity index (χ0v) is 14.3. The third-order valence-corrected chi connectivity index (χ3v) is 3.74. The second kappa shape index (κ2) is 7.37. The minimum absolute atomic E-state index is 0.135. The van der Waals surface area contributed by atoms with Crippen molar-refractivity contribution in [3.05, 3.63) is 61.5 Å². The van der Waals surface area contributed by atoms with Gasteiger partial charge in [-0.1, -0.05) is 28.1 Å². The van der Waals surface area contributed by atoms with Gasteiger partial charge in [-0.2, -0.15) is 0 Å². The van der Waals surface area contributed by atoms with Crippen molar-refractivity contribution in [3.8, 4) is 5.75 Å². The molecule has 1 amide bonds. The minimum atomic E-state index is -0.554. The van der Waals surface area contributed by atoms with E-state index in [1.807, 2.05) is 0 Å². The van der Waals surface area contributed by atoms with Crippen LogP contribution in [0.1, 0.15) is 0 Å². The number of hydrogen-bond acceptors (Lipinski definition) is 4. The molecular weight excluding hydrogens is 420 g/mol. The van der Waals surface area contributed by atoms with Gasteiger partial charge in [0.2, 0.25) is 0 Å². The SMILES string of the molecule is O=C(COc1ccc(Br)cc1Br)Nc1ccccc1[N+](=O)[O-]. The molecule has 0 aliphatic rings. The van der Waals surface area contributed by atoms with E-state index in [4.69, 9.17) is 4.74 Å². The Bertz CT molecular complexity index is 722. The number of halogens is 2. The summed E-state index contributed by atoms with van der Waals surface area (Å²) in [6, 6.07) is 11.2. The standard InChI is InChI=1S/C14H10Br2N2O4/c15-9-5-6-13(10(16)7-9)22-8-14(19)17-11-3-1-2-4-12(11)18(20)21/h1-7H,8H2,(H,17,19). The molecule has 2 aromatic rings. The van der Waals surface area contributed by atoms with E-state index in [-0.39, 0.29) is 18.0 Å². The highest BCUT2D eigenvalue weighted by atomic mass is 79.9. The maximum Gasteiger partial charge on any atom is 0.292 e. The first-order chi connectivity index (χ1) is 10.5. The number of nitro benzene ring substituents is 1. The Morgan fingerprint density at radius 3 is 2.64 bits per heavy atom. The highest BCUT2D eigenvalue weighted by molar-refractivity contribution is 9.11. The molecule has 0 aliphatic heterocycles. The number of para-hydroxylation sites is 2. The summed E-state index contributed by atoms with van der Waals surface area (Å²) in [5.41, 5.74) is -0.0309. The lowest BCUT2D eigenvalue weighted by Gasteiger charge is -2.09. The van der Waals surface area contributed by atoms with Crippen LogP contribution in [0, 0.1) is 10.1 Å². The third-order valence-electron chi connectivity index (χ3n) is 2.63. The van der Waals surface area contributed by atoms with E-state index in [2.05, 4.69) is 37.2 Å². The molecule has 8 heteroatoms. The predicted molar refractivity (Wildman–Crippen MR) is 89.1 cm³/mol. The number of benzene rings is 2. The summed E-state index contributed by atoms with van der Waals surface area (Å²) in [7, 11) is 0. The van der Waals surface area contributed by atoms with Crippen LogP contribution in [0.25, 0.3) is 0 Å². The fourth-order valence-corrected chi connectivity index (χ4v) is 2.82. The molecule has 2 aromatic carbocycles. The van der Waals surface area contributed by atoms with E-state index in [9.17, 15) is 14.9 Å². The molecular formula is C14H10Br2N2O4. The fourth-order valence-electron chi connectivity index (χ4n) is 1.66. The van der Waals surface area contributed by atoms with Crippen molar-refractivity contribution in [2.24, 2.45) is 0 Å². The van der Waals surface area contributed by atoms with Gasteiger partial charge >= 0.3 is 0 Å². The Morgan fingerprint density at radius 2 is 1.95 bits per heavy atom. The van der Waals surface area contributed by atoms with Crippen LogP contribution in [0.2, 0.25) is 0 Å². The average Bonchev–Trinajstić information content (AvgIpc) is 2.46. The topological polar surface area (TPSA) is 81.5 Å². The molecule has 0 saturated carbocycles. The van der Waals surface area contributed by atoms with Crippen LogP contribution >= 0.6 is 31.9 Å². The lowest BCUT2D eigenvalue weighted by molar-refractivity contribution is -0.383. The van der Waals surface area contributed by atoms with Crippen LogP contribution in [0.3, 0.4) is 0 Å². The summed E-state index contributed by atoms with van der Waals surface area (Å²) in [5.74, 6) is 0.0185. The van der Waals surface area contributed by atoms with Gasteiger partial charge in [-0.25, -0.2) is 0 Å². The second-order valence-electron chi connectivity index (χ2n) is 4.19. The Morgan fingerprint density at radius 1 is 1.23 bits per heavy atom. The number of carbonyl (C=O) groups is 1. The summed E-state index contributed by atoms with van der Waals surface area (Å²) < 4.78 is 6.94. The maximum absolute atomic E-state index is 11.9. The fraction of sp³-hybridized carbons (Fsp3) is 0.0714. The number of amides is 1. The number of anilines is 1. The molecule has 22 heavy (non-hydrogen) atoms. The Labute approximate surface area is 142 Å². The van der Waals surface area contributed by atoms with Crippen LogP contribution in [-0.4, -0.2) is 17.4 Å². The van der Waals surface area contributed by atoms with Crippen LogP contribution in [0.5, 0.6) is 5.75 Å². The number of ether oxygens (including phenoxy) is 1. The van der Waals surface area contributed by atoms with Crippen molar-refractivity contribution >= 4 is 49.1 Å². The van der Waals surface area contributed by atoms with Crippen molar-refractivity contribution in [3.63, 3.8) is 0 Å². The summed E-state index contributed by atoms with van der Waals surface area (Å²) >= 11 is 6.63. The van der Waals surface area contributed by atoms with Crippen molar-refractivity contribution in [2.45, 2.75) is 0 Å². The van der Waals surface area contributed by atoms with E-state index in [0.717, 1.165) is 4.47 Å². The highest BCUT2D eigenvalue weighted by Crippen LogP contribution is 2.28. The number of hydrogen-bond donors (Lipinski definition) is 1. The van der Waals surface area contributed by atoms with Crippen LogP contribution in [0.15, 0.2) is 51.4 Å². The van der Waals surface area contributed by atoms with Gasteiger partial charge in [0.05, 0.1) is 9.40 Å². The van der Waals surface area contributed by atoms with Crippen molar-refractivity contribution in [2.75, 3.05) is 11.9 Å². The van der Waals surface area contributed by atoms with Gasteiger partial charge in [0.25, 0.3) is 11.6 Å². The van der Waals surface area contributed by atoms with Crippen LogP contribution in [-0.2, 0) is 4.79 Å². The largest absolute Gasteiger partial charge is 0.483 e. The molecule has 6 nitrogen and oxygen atoms in total. The van der Waals surface area contributed by atoms with E-state index in [0.29, 0.717) is 10.2 Å². The van der Waals surface area contributed by atoms with Crippen molar-refractivity contribution in [1.29, 1.82) is 0 Å². The lowest BCUT2D eigenvalue weighted by Crippen LogP contribution is -2.20. The van der Waals surface area contributed by atoms with E-state index < -0.39 is 10.8 Å². The molecule has 0 aromatic heterocycles. The molecule has 0 unspecified atom stereocenters. The van der Waals surface area contributed by atoms with Crippen LogP contribution < -0.4 is 10.1 Å². The molecule has 0 saturated heterocycles. The van der Waals surface area contributed by atoms with E-state index in [1.165, 1.54) is 18.2 Å². The van der Waals surface area contributed by atoms with E-state index in [1.54, 1.807) is 24.3 Å². The molecule has 2 rings (SSSR count). The first kappa shape index (κ1) is 16.4. The molecule has 1 N–H and O–H groups in total. The normalized spacial score (nSPS) is 10.1. The molecule has 0 fully saturated rings. The van der Waals surface area contributed by atoms with Gasteiger partial charge in [-0.3, -0.25) is 14.9 Å². The number of nitrogens with zero attached hydrogens (tertiary/aromatic N) is 1. The summed E-state index contributed by atoms with van der Waals surface area (Å²) in [4.78, 5) is 22.2. The Kier molecular flexibility index (Phi) is 5.51. The Hall–Kier alpha value is -1.93. The van der Waals surface area contributed by atoms with Gasteiger partial charge in [0.15, 0.2) is 6.61 Å². The maximum atomic E-state index is 11.9. The number of rotatable bonds is 5. The molecule has 0 atom stereocenters. The lowest BCUT2D eigenvalue weighted by atomic mass is 10.2. The minimum Gasteiger partial charge on any atom is -0.483 e. The van der Waals surface area contributed by atoms with Crippen molar-refractivity contribution < 1.29 is 14.5 Å². The molecule has 114 valence electrons. The van der Waals surface area contributed by atoms with Gasteiger partial charge in [-0.15, -0.1) is 0 Å². The molecule has 0 bridgehead atoms. The monoisotopic (exact) mass is 428 g/mol. The molecule has 0 radical (unpaired) electrons. The second-order valence-corrected chi connectivity index (χ2v) is 5.96. The number of nitro groups is 1. The molecule has 0 aliphatic carbocycles. The third kappa shape index (κ3) is 4.28. The van der Waals surface area contributed by atoms with Crippen LogP contribution in [0.4, 0.5) is 11.4 Å².